The van der Waals surface area contributed by atoms with Crippen molar-refractivity contribution in [2.24, 2.45) is 5.92 Å². The maximum Gasteiger partial charge on any atom is 0.338 e. The fraction of sp³-hybridized carbons (Fsp3) is 0.400. The van der Waals surface area contributed by atoms with Gasteiger partial charge in [-0.05, 0) is 44.2 Å². The molecule has 0 spiro atoms. The average molecular weight is 618 g/mol. The summed E-state index contributed by atoms with van der Waals surface area (Å²) in [6, 6.07) is 17.7. The first kappa shape index (κ1) is 35.4. The molecule has 0 unspecified atom stereocenters. The number of carbonyl (C=O) groups is 6. The molecule has 4 rings (SSSR count). The van der Waals surface area contributed by atoms with Crippen LogP contribution in [0.4, 0.5) is 0 Å². The van der Waals surface area contributed by atoms with Crippen LogP contribution in [-0.4, -0.2) is 104 Å². The quantitative estimate of drug-likeness (QED) is 0.254. The number of fused-ring (bicyclic) bond motifs is 2. The van der Waals surface area contributed by atoms with Gasteiger partial charge in [0.05, 0.1) is 31.1 Å². The molecule has 4 atom stereocenters. The summed E-state index contributed by atoms with van der Waals surface area (Å²) in [5.41, 5.74) is -1.90. The smallest absolute Gasteiger partial charge is 0.338 e. The van der Waals surface area contributed by atoms with Crippen molar-refractivity contribution in [2.45, 2.75) is 55.9 Å². The molecule has 0 amide bonds. The van der Waals surface area contributed by atoms with Gasteiger partial charge in [0.1, 0.15) is 12.0 Å². The van der Waals surface area contributed by atoms with Crippen LogP contribution in [0.3, 0.4) is 0 Å². The number of aliphatic hydroxyl groups is 1. The van der Waals surface area contributed by atoms with E-state index in [1.54, 1.807) is 54.6 Å². The summed E-state index contributed by atoms with van der Waals surface area (Å²) in [4.78, 5) is 67.4. The number of carbonyl (C=O) groups excluding carboxylic acids is 2. The van der Waals surface area contributed by atoms with E-state index in [1.165, 1.54) is 7.11 Å². The summed E-state index contributed by atoms with van der Waals surface area (Å²) in [7, 11) is 3.42. The van der Waals surface area contributed by atoms with Crippen LogP contribution >= 0.6 is 0 Å². The van der Waals surface area contributed by atoms with E-state index in [9.17, 15) is 28.8 Å². The number of nitrogens with zero attached hydrogens (tertiary/aromatic N) is 1. The van der Waals surface area contributed by atoms with Gasteiger partial charge >= 0.3 is 35.8 Å². The normalized spacial score (nSPS) is 20.4. The number of piperidine rings is 1. The lowest BCUT2D eigenvalue weighted by Gasteiger charge is -2.40. The summed E-state index contributed by atoms with van der Waals surface area (Å²) >= 11 is 0. The lowest BCUT2D eigenvalue weighted by molar-refractivity contribution is -0.170. The van der Waals surface area contributed by atoms with Crippen LogP contribution < -0.4 is 0 Å². The van der Waals surface area contributed by atoms with Gasteiger partial charge in [-0.3, -0.25) is 19.3 Å². The second-order valence-electron chi connectivity index (χ2n) is 10.2. The van der Waals surface area contributed by atoms with Crippen LogP contribution in [0.15, 0.2) is 60.7 Å². The van der Waals surface area contributed by atoms with E-state index in [2.05, 4.69) is 4.90 Å². The van der Waals surface area contributed by atoms with Crippen molar-refractivity contribution in [3.8, 4) is 0 Å². The predicted molar refractivity (Wildman–Crippen MR) is 151 cm³/mol. The van der Waals surface area contributed by atoms with Gasteiger partial charge < -0.3 is 35.0 Å². The van der Waals surface area contributed by atoms with Crippen LogP contribution in [0.25, 0.3) is 0 Å². The first-order valence-corrected chi connectivity index (χ1v) is 13.4. The molecule has 2 aliphatic rings. The lowest BCUT2D eigenvalue weighted by Crippen LogP contribution is -2.53. The van der Waals surface area contributed by atoms with Crippen molar-refractivity contribution in [2.75, 3.05) is 14.2 Å². The van der Waals surface area contributed by atoms with Gasteiger partial charge in [0.25, 0.3) is 0 Å². The molecule has 238 valence electrons. The minimum atomic E-state index is -2.74. The van der Waals surface area contributed by atoms with E-state index >= 15 is 0 Å². The molecule has 2 aromatic carbocycles. The van der Waals surface area contributed by atoms with Crippen LogP contribution in [0.5, 0.6) is 0 Å². The van der Waals surface area contributed by atoms with Crippen molar-refractivity contribution in [3.05, 3.63) is 71.8 Å². The molecular weight excluding hydrogens is 582 g/mol. The topological polar surface area (TPSA) is 225 Å². The zero-order chi connectivity index (χ0) is 33.0. The average Bonchev–Trinajstić information content (AvgIpc) is 3.20. The number of ether oxygens (including phenoxy) is 2. The van der Waals surface area contributed by atoms with Crippen molar-refractivity contribution in [1.82, 2.24) is 4.90 Å². The molecule has 2 aromatic rings. The summed E-state index contributed by atoms with van der Waals surface area (Å²) < 4.78 is 10.6. The zero-order valence-corrected chi connectivity index (χ0v) is 24.1. The highest BCUT2D eigenvalue weighted by Gasteiger charge is 2.51. The summed E-state index contributed by atoms with van der Waals surface area (Å²) in [6.45, 7) is 0. The molecule has 0 aromatic heterocycles. The van der Waals surface area contributed by atoms with Gasteiger partial charge in [-0.25, -0.2) is 14.4 Å². The predicted octanol–water partition coefficient (Wildman–Crippen LogP) is 2.00. The number of benzene rings is 2. The van der Waals surface area contributed by atoms with Crippen molar-refractivity contribution < 1.29 is 63.8 Å². The maximum absolute atomic E-state index is 12.3. The number of aromatic carboxylic acids is 1. The molecule has 14 heteroatoms. The third-order valence-corrected chi connectivity index (χ3v) is 7.26. The van der Waals surface area contributed by atoms with Gasteiger partial charge in [0.15, 0.2) is 5.60 Å². The fourth-order valence-electron chi connectivity index (χ4n) is 5.06. The molecule has 14 nitrogen and oxygen atoms in total. The Hall–Kier alpha value is -4.82. The Morgan fingerprint density at radius 3 is 1.73 bits per heavy atom. The molecule has 5 N–H and O–H groups in total. The molecular formula is C30H35NO13. The SMILES string of the molecule is COC(=O)[C@H]1[C@@H](OC(=O)c2ccccc2)C[C@@H]2CC[C@H]1N2C.O=C(O)CC(O)(CC(=O)O)C(=O)O.O=C(O)c1ccccc1. The number of aliphatic carboxylic acids is 3. The van der Waals surface area contributed by atoms with Crippen LogP contribution in [-0.2, 0) is 28.7 Å². The third-order valence-electron chi connectivity index (χ3n) is 7.26. The Morgan fingerprint density at radius 1 is 0.818 bits per heavy atom. The highest BCUT2D eigenvalue weighted by molar-refractivity contribution is 5.90. The second-order valence-corrected chi connectivity index (χ2v) is 10.2. The molecule has 44 heavy (non-hydrogen) atoms. The standard InChI is InChI=1S/C17H21NO4.C7H6O2.C6H8O7/c1-18-12-8-9-13(18)15(17(20)21-2)14(10-12)22-16(19)11-6-4-3-5-7-11;8-7(9)6-4-2-1-3-5-6;7-3(8)1-6(13,5(11)12)2-4(9)10/h3-7,12-15H,8-10H2,1-2H3;1-5H,(H,8,9);13H,1-2H2,(H,7,8)(H,9,10)(H,11,12)/t12-,13+,14-,15+;;/m0../s1. The first-order valence-electron chi connectivity index (χ1n) is 13.4. The second kappa shape index (κ2) is 16.1. The van der Waals surface area contributed by atoms with Crippen LogP contribution in [0, 0.1) is 5.92 Å². The monoisotopic (exact) mass is 617 g/mol. The number of methoxy groups -OCH3 is 1. The van der Waals surface area contributed by atoms with E-state index in [1.807, 2.05) is 13.1 Å². The maximum atomic E-state index is 12.3. The molecule has 2 aliphatic heterocycles. The van der Waals surface area contributed by atoms with Crippen molar-refractivity contribution >= 4 is 35.8 Å². The molecule has 2 heterocycles. The third kappa shape index (κ3) is 9.88. The van der Waals surface area contributed by atoms with E-state index in [0.717, 1.165) is 12.8 Å². The Labute approximate surface area is 252 Å². The summed E-state index contributed by atoms with van der Waals surface area (Å²) in [5, 5.41) is 42.2. The van der Waals surface area contributed by atoms with E-state index < -0.39 is 54.3 Å². The minimum Gasteiger partial charge on any atom is -0.481 e. The number of carboxylic acids is 4. The summed E-state index contributed by atoms with van der Waals surface area (Å²) in [6.07, 6.45) is -0.0305. The molecule has 2 fully saturated rings. The number of esters is 2. The zero-order valence-electron chi connectivity index (χ0n) is 24.1. The van der Waals surface area contributed by atoms with Gasteiger partial charge in [0, 0.05) is 18.5 Å². The lowest BCUT2D eigenvalue weighted by atomic mass is 9.87. The fourth-order valence-corrected chi connectivity index (χ4v) is 5.06. The number of rotatable bonds is 9. The van der Waals surface area contributed by atoms with Gasteiger partial charge in [0.2, 0.25) is 0 Å². The Bertz CT molecular complexity index is 1300. The molecule has 0 aliphatic carbocycles. The number of carboxylic acid groups (broad SMARTS) is 4. The Kier molecular flexibility index (Phi) is 13.0. The molecule has 0 radical (unpaired) electrons. The Balaban J connectivity index is 0.000000260. The van der Waals surface area contributed by atoms with Gasteiger partial charge in [-0.15, -0.1) is 0 Å². The van der Waals surface area contributed by atoms with E-state index in [4.69, 9.17) is 35.0 Å². The van der Waals surface area contributed by atoms with Gasteiger partial charge in [-0.2, -0.15) is 0 Å². The van der Waals surface area contributed by atoms with E-state index in [0.29, 0.717) is 23.6 Å². The van der Waals surface area contributed by atoms with Gasteiger partial charge in [-0.1, -0.05) is 36.4 Å². The largest absolute Gasteiger partial charge is 0.481 e. The highest BCUT2D eigenvalue weighted by atomic mass is 16.6. The minimum absolute atomic E-state index is 0.0970. The van der Waals surface area contributed by atoms with Crippen molar-refractivity contribution in [1.29, 1.82) is 0 Å². The molecule has 2 saturated heterocycles. The highest BCUT2D eigenvalue weighted by Crippen LogP contribution is 2.40. The van der Waals surface area contributed by atoms with Crippen LogP contribution in [0.2, 0.25) is 0 Å². The summed E-state index contributed by atoms with van der Waals surface area (Å²) in [5.74, 6) is -6.96. The molecule has 0 saturated carbocycles. The van der Waals surface area contributed by atoms with Crippen molar-refractivity contribution in [3.63, 3.8) is 0 Å². The molecule has 2 bridgehead atoms. The van der Waals surface area contributed by atoms with Crippen LogP contribution in [0.1, 0.15) is 52.8 Å². The number of hydrogen-bond donors (Lipinski definition) is 5. The number of hydrogen-bond acceptors (Lipinski definition) is 10. The Morgan fingerprint density at radius 2 is 1.32 bits per heavy atom. The van der Waals surface area contributed by atoms with E-state index in [-0.39, 0.29) is 18.0 Å². The first-order chi connectivity index (χ1) is 20.7.